The fourth-order valence-electron chi connectivity index (χ4n) is 3.78. The minimum Gasteiger partial charge on any atom is -0.492 e. The molecule has 1 saturated heterocycles. The summed E-state index contributed by atoms with van der Waals surface area (Å²) in [6.45, 7) is 4.88. The third kappa shape index (κ3) is 4.67. The van der Waals surface area contributed by atoms with Gasteiger partial charge in [0.05, 0.1) is 5.56 Å². The average Bonchev–Trinajstić information content (AvgIpc) is 3.43. The lowest BCUT2D eigenvalue weighted by molar-refractivity contribution is 0.0696. The highest BCUT2D eigenvalue weighted by atomic mass is 16.5. The van der Waals surface area contributed by atoms with Crippen molar-refractivity contribution in [1.82, 2.24) is 10.2 Å². The second-order valence-electron chi connectivity index (χ2n) is 7.57. The van der Waals surface area contributed by atoms with Crippen molar-refractivity contribution in [1.29, 1.82) is 0 Å². The fraction of sp³-hybridized carbons (Fsp3) is 0.409. The number of ether oxygens (including phenoxy) is 1. The topological polar surface area (TPSA) is 61.8 Å². The zero-order chi connectivity index (χ0) is 18.6. The Kier molecular flexibility index (Phi) is 5.41. The van der Waals surface area contributed by atoms with Gasteiger partial charge in [-0.2, -0.15) is 0 Å². The average molecular weight is 366 g/mol. The molecule has 5 nitrogen and oxygen atoms in total. The maximum atomic E-state index is 10.8. The molecule has 1 saturated carbocycles. The molecule has 0 radical (unpaired) electrons. The smallest absolute Gasteiger partial charge is 0.335 e. The number of hydrogen-bond donors (Lipinski definition) is 2. The lowest BCUT2D eigenvalue weighted by Crippen LogP contribution is -2.52. The number of carbonyl (C=O) groups is 1. The Hall–Kier alpha value is -2.37. The van der Waals surface area contributed by atoms with Crippen molar-refractivity contribution in [2.45, 2.75) is 18.4 Å². The van der Waals surface area contributed by atoms with Gasteiger partial charge in [-0.05, 0) is 42.2 Å². The Labute approximate surface area is 160 Å². The Morgan fingerprint density at radius 1 is 1.11 bits per heavy atom. The van der Waals surface area contributed by atoms with E-state index >= 15 is 0 Å². The van der Waals surface area contributed by atoms with Gasteiger partial charge in [-0.15, -0.1) is 0 Å². The number of carboxylic acids is 1. The van der Waals surface area contributed by atoms with Crippen molar-refractivity contribution >= 4 is 5.97 Å². The van der Waals surface area contributed by atoms with Gasteiger partial charge in [-0.25, -0.2) is 4.79 Å². The molecule has 1 aliphatic carbocycles. The molecule has 0 aromatic heterocycles. The molecule has 1 aliphatic heterocycles. The minimum atomic E-state index is -0.914. The molecule has 2 aliphatic rings. The number of likely N-dealkylation sites (tertiary alicyclic amines) is 1. The lowest BCUT2D eigenvalue weighted by Gasteiger charge is -2.39. The van der Waals surface area contributed by atoms with E-state index in [4.69, 9.17) is 9.84 Å². The Balaban J connectivity index is 1.08. The maximum Gasteiger partial charge on any atom is 0.335 e. The highest BCUT2D eigenvalue weighted by Crippen LogP contribution is 2.40. The number of nitrogens with one attached hydrogen (secondary N) is 1. The number of hydrogen-bond acceptors (Lipinski definition) is 4. The van der Waals surface area contributed by atoms with E-state index in [1.807, 2.05) is 0 Å². The zero-order valence-corrected chi connectivity index (χ0v) is 15.4. The Morgan fingerprint density at radius 3 is 2.56 bits per heavy atom. The van der Waals surface area contributed by atoms with Crippen LogP contribution in [-0.2, 0) is 0 Å². The van der Waals surface area contributed by atoms with Crippen LogP contribution in [-0.4, -0.2) is 54.8 Å². The molecule has 0 spiro atoms. The predicted octanol–water partition coefficient (Wildman–Crippen LogP) is 2.84. The van der Waals surface area contributed by atoms with Crippen LogP contribution in [0.5, 0.6) is 5.75 Å². The molecule has 0 amide bonds. The first-order valence-corrected chi connectivity index (χ1v) is 9.66. The molecule has 27 heavy (non-hydrogen) atoms. The van der Waals surface area contributed by atoms with Crippen molar-refractivity contribution < 1.29 is 14.6 Å². The van der Waals surface area contributed by atoms with Gasteiger partial charge in [0.2, 0.25) is 0 Å². The molecule has 2 aromatic rings. The van der Waals surface area contributed by atoms with Gasteiger partial charge in [-0.3, -0.25) is 4.90 Å². The van der Waals surface area contributed by atoms with Crippen molar-refractivity contribution in [3.63, 3.8) is 0 Å². The molecule has 5 heteroatoms. The summed E-state index contributed by atoms with van der Waals surface area (Å²) < 4.78 is 5.70. The summed E-state index contributed by atoms with van der Waals surface area (Å²) in [6, 6.07) is 18.0. The van der Waals surface area contributed by atoms with E-state index in [1.165, 1.54) is 12.0 Å². The van der Waals surface area contributed by atoms with Crippen LogP contribution in [0, 0.1) is 5.92 Å². The van der Waals surface area contributed by atoms with E-state index in [2.05, 4.69) is 40.5 Å². The van der Waals surface area contributed by atoms with Crippen LogP contribution in [0.2, 0.25) is 0 Å². The van der Waals surface area contributed by atoms with E-state index in [0.29, 0.717) is 18.6 Å². The van der Waals surface area contributed by atoms with Gasteiger partial charge in [0.25, 0.3) is 0 Å². The summed E-state index contributed by atoms with van der Waals surface area (Å²) in [5.74, 6) is 1.24. The van der Waals surface area contributed by atoms with E-state index in [0.717, 1.165) is 37.8 Å². The maximum absolute atomic E-state index is 10.8. The van der Waals surface area contributed by atoms with Gasteiger partial charge < -0.3 is 15.2 Å². The molecular weight excluding hydrogens is 340 g/mol. The van der Waals surface area contributed by atoms with Crippen molar-refractivity contribution in [2.24, 2.45) is 5.92 Å². The molecule has 2 fully saturated rings. The van der Waals surface area contributed by atoms with E-state index < -0.39 is 5.97 Å². The van der Waals surface area contributed by atoms with E-state index in [1.54, 1.807) is 24.3 Å². The third-order valence-electron chi connectivity index (χ3n) is 5.50. The number of aromatic carboxylic acids is 1. The molecule has 0 bridgehead atoms. The normalized spacial score (nSPS) is 22.2. The Bertz CT molecular complexity index is 757. The molecule has 2 N–H and O–H groups in total. The van der Waals surface area contributed by atoms with Crippen LogP contribution in [0.1, 0.15) is 28.3 Å². The second kappa shape index (κ2) is 8.11. The van der Waals surface area contributed by atoms with Crippen molar-refractivity contribution in [3.8, 4) is 5.75 Å². The molecule has 4 rings (SSSR count). The molecular formula is C22H26N2O3. The Morgan fingerprint density at radius 2 is 1.85 bits per heavy atom. The monoisotopic (exact) mass is 366 g/mol. The van der Waals surface area contributed by atoms with E-state index in [-0.39, 0.29) is 5.56 Å². The number of nitrogens with zero attached hydrogens (tertiary/aromatic N) is 1. The first-order valence-electron chi connectivity index (χ1n) is 9.66. The summed E-state index contributed by atoms with van der Waals surface area (Å²) in [5.41, 5.74) is 1.74. The standard InChI is InChI=1S/C22H26N2O3/c25-22(26)18-6-8-19(9-7-18)27-11-10-24-14-16(15-24)13-23-21-12-20(21)17-4-2-1-3-5-17/h1-9,16,20-21,23H,10-15H2,(H,25,26)/t20?,21-/m1/s1. The quantitative estimate of drug-likeness (QED) is 0.715. The number of carboxylic acid groups (broad SMARTS) is 1. The van der Waals surface area contributed by atoms with Crippen molar-refractivity contribution in [2.75, 3.05) is 32.8 Å². The van der Waals surface area contributed by atoms with Gasteiger partial charge in [-0.1, -0.05) is 30.3 Å². The van der Waals surface area contributed by atoms with Crippen LogP contribution in [0.25, 0.3) is 0 Å². The van der Waals surface area contributed by atoms with Crippen LogP contribution in [0.15, 0.2) is 54.6 Å². The largest absolute Gasteiger partial charge is 0.492 e. The number of rotatable bonds is 9. The summed E-state index contributed by atoms with van der Waals surface area (Å²) in [6.07, 6.45) is 1.26. The SMILES string of the molecule is O=C(O)c1ccc(OCCN2CC(CN[C@@H]3CC3c3ccccc3)C2)cc1. The summed E-state index contributed by atoms with van der Waals surface area (Å²) in [7, 11) is 0. The first kappa shape index (κ1) is 18.0. The molecule has 1 heterocycles. The first-order chi connectivity index (χ1) is 13.2. The minimum absolute atomic E-state index is 0.283. The van der Waals surface area contributed by atoms with Crippen LogP contribution in [0.4, 0.5) is 0 Å². The predicted molar refractivity (Wildman–Crippen MR) is 104 cm³/mol. The van der Waals surface area contributed by atoms with Crippen LogP contribution < -0.4 is 10.1 Å². The van der Waals surface area contributed by atoms with Gasteiger partial charge in [0.15, 0.2) is 0 Å². The molecule has 1 unspecified atom stereocenters. The second-order valence-corrected chi connectivity index (χ2v) is 7.57. The van der Waals surface area contributed by atoms with Gasteiger partial charge >= 0.3 is 5.97 Å². The zero-order valence-electron chi connectivity index (χ0n) is 15.4. The summed E-state index contributed by atoms with van der Waals surface area (Å²) >= 11 is 0. The highest BCUT2D eigenvalue weighted by Gasteiger charge is 2.38. The third-order valence-corrected chi connectivity index (χ3v) is 5.50. The molecule has 2 aromatic carbocycles. The van der Waals surface area contributed by atoms with Crippen LogP contribution in [0.3, 0.4) is 0 Å². The van der Waals surface area contributed by atoms with Gasteiger partial charge in [0, 0.05) is 38.1 Å². The van der Waals surface area contributed by atoms with Crippen molar-refractivity contribution in [3.05, 3.63) is 65.7 Å². The van der Waals surface area contributed by atoms with E-state index in [9.17, 15) is 4.79 Å². The molecule has 2 atom stereocenters. The highest BCUT2D eigenvalue weighted by molar-refractivity contribution is 5.87. The fourth-order valence-corrected chi connectivity index (χ4v) is 3.78. The molecule has 142 valence electrons. The number of benzene rings is 2. The van der Waals surface area contributed by atoms with Gasteiger partial charge in [0.1, 0.15) is 12.4 Å². The summed E-state index contributed by atoms with van der Waals surface area (Å²) in [4.78, 5) is 13.2. The lowest BCUT2D eigenvalue weighted by atomic mass is 10.0. The van der Waals surface area contributed by atoms with Crippen LogP contribution >= 0.6 is 0 Å². The summed E-state index contributed by atoms with van der Waals surface area (Å²) in [5, 5.41) is 12.6.